The molecule has 0 saturated carbocycles. The maximum absolute atomic E-state index is 13.1. The van der Waals surface area contributed by atoms with Crippen LogP contribution in [0.15, 0.2) is 79.1 Å². The van der Waals surface area contributed by atoms with E-state index in [2.05, 4.69) is 10.3 Å². The number of pyridine rings is 1. The highest BCUT2D eigenvalue weighted by Gasteiger charge is 2.26. The van der Waals surface area contributed by atoms with E-state index in [1.807, 2.05) is 54.6 Å². The molecule has 0 fully saturated rings. The van der Waals surface area contributed by atoms with Crippen LogP contribution in [0.2, 0.25) is 5.02 Å². The van der Waals surface area contributed by atoms with Crippen molar-refractivity contribution in [1.82, 2.24) is 15.2 Å². The van der Waals surface area contributed by atoms with Gasteiger partial charge in [0.1, 0.15) is 6.04 Å². The molecule has 3 aromatic rings. The number of rotatable bonds is 8. The Morgan fingerprint density at radius 2 is 1.67 bits per heavy atom. The average Bonchev–Trinajstić information content (AvgIpc) is 2.78. The van der Waals surface area contributed by atoms with Crippen molar-refractivity contribution in [2.45, 2.75) is 32.5 Å². The van der Waals surface area contributed by atoms with Crippen LogP contribution >= 0.6 is 11.6 Å². The Kier molecular flexibility index (Phi) is 7.57. The van der Waals surface area contributed by atoms with Crippen LogP contribution in [0.4, 0.5) is 0 Å². The second-order valence-corrected chi connectivity index (χ2v) is 7.50. The number of aromatic nitrogens is 1. The minimum Gasteiger partial charge on any atom is -0.350 e. The van der Waals surface area contributed by atoms with Crippen molar-refractivity contribution in [3.63, 3.8) is 0 Å². The van der Waals surface area contributed by atoms with E-state index in [0.717, 1.165) is 16.7 Å². The maximum Gasteiger partial charge on any atom is 0.242 e. The molecule has 3 rings (SSSR count). The lowest BCUT2D eigenvalue weighted by Crippen LogP contribution is -2.48. The first-order chi connectivity index (χ1) is 14.5. The zero-order chi connectivity index (χ0) is 21.3. The summed E-state index contributed by atoms with van der Waals surface area (Å²) in [7, 11) is 0. The average molecular weight is 422 g/mol. The number of carbonyl (C=O) groups is 2. The largest absolute Gasteiger partial charge is 0.350 e. The normalized spacial score (nSPS) is 11.5. The zero-order valence-electron chi connectivity index (χ0n) is 16.8. The van der Waals surface area contributed by atoms with Gasteiger partial charge < -0.3 is 10.2 Å². The molecular formula is C24H24ClN3O2. The Bertz CT molecular complexity index is 963. The van der Waals surface area contributed by atoms with Crippen molar-refractivity contribution >= 4 is 23.4 Å². The molecule has 0 unspecified atom stereocenters. The third-order valence-corrected chi connectivity index (χ3v) is 5.07. The zero-order valence-corrected chi connectivity index (χ0v) is 17.5. The van der Waals surface area contributed by atoms with Gasteiger partial charge in [-0.3, -0.25) is 14.6 Å². The molecule has 5 nitrogen and oxygen atoms in total. The van der Waals surface area contributed by atoms with E-state index < -0.39 is 6.04 Å². The summed E-state index contributed by atoms with van der Waals surface area (Å²) in [6.45, 7) is 2.47. The van der Waals surface area contributed by atoms with Crippen molar-refractivity contribution in [1.29, 1.82) is 0 Å². The standard InChI is InChI=1S/C24H24ClN3O2/c1-18(24(30)27-16-21-8-5-13-26-15-21)28(17-20-6-3-2-4-7-20)23(29)14-19-9-11-22(25)12-10-19/h2-13,15,18H,14,16-17H2,1H3,(H,27,30)/t18-/m0/s1. The molecule has 1 atom stereocenters. The molecule has 0 saturated heterocycles. The van der Waals surface area contributed by atoms with E-state index >= 15 is 0 Å². The van der Waals surface area contributed by atoms with Gasteiger partial charge in [0.15, 0.2) is 0 Å². The molecule has 2 aromatic carbocycles. The minimum absolute atomic E-state index is 0.120. The summed E-state index contributed by atoms with van der Waals surface area (Å²) in [4.78, 5) is 31.6. The van der Waals surface area contributed by atoms with Gasteiger partial charge in [0.25, 0.3) is 0 Å². The number of amides is 2. The third-order valence-electron chi connectivity index (χ3n) is 4.82. The van der Waals surface area contributed by atoms with Gasteiger partial charge in [-0.2, -0.15) is 0 Å². The highest BCUT2D eigenvalue weighted by Crippen LogP contribution is 2.14. The highest BCUT2D eigenvalue weighted by molar-refractivity contribution is 6.30. The van der Waals surface area contributed by atoms with Crippen molar-refractivity contribution in [3.8, 4) is 0 Å². The molecule has 0 radical (unpaired) electrons. The summed E-state index contributed by atoms with van der Waals surface area (Å²) < 4.78 is 0. The van der Waals surface area contributed by atoms with Gasteiger partial charge in [0, 0.05) is 30.5 Å². The van der Waals surface area contributed by atoms with Crippen LogP contribution in [-0.4, -0.2) is 27.7 Å². The van der Waals surface area contributed by atoms with E-state index in [4.69, 9.17) is 11.6 Å². The van der Waals surface area contributed by atoms with Crippen molar-refractivity contribution in [2.24, 2.45) is 0 Å². The first-order valence-electron chi connectivity index (χ1n) is 9.77. The van der Waals surface area contributed by atoms with Crippen molar-refractivity contribution in [2.75, 3.05) is 0 Å². The molecule has 0 aliphatic carbocycles. The predicted octanol–water partition coefficient (Wildman–Crippen LogP) is 4.01. The van der Waals surface area contributed by atoms with Gasteiger partial charge in [-0.25, -0.2) is 0 Å². The van der Waals surface area contributed by atoms with Crippen LogP contribution in [0, 0.1) is 0 Å². The third kappa shape index (κ3) is 6.16. The summed E-state index contributed by atoms with van der Waals surface area (Å²) in [5.74, 6) is -0.329. The molecule has 1 N–H and O–H groups in total. The van der Waals surface area contributed by atoms with Crippen LogP contribution in [0.25, 0.3) is 0 Å². The Morgan fingerprint density at radius 1 is 0.967 bits per heavy atom. The quantitative estimate of drug-likeness (QED) is 0.597. The van der Waals surface area contributed by atoms with Crippen LogP contribution < -0.4 is 5.32 Å². The fraction of sp³-hybridized carbons (Fsp3) is 0.208. The SMILES string of the molecule is C[C@@H](C(=O)NCc1cccnc1)N(Cc1ccccc1)C(=O)Cc1ccc(Cl)cc1. The molecule has 0 bridgehead atoms. The monoisotopic (exact) mass is 421 g/mol. The van der Waals surface area contributed by atoms with Crippen LogP contribution in [0.5, 0.6) is 0 Å². The number of hydrogen-bond donors (Lipinski definition) is 1. The minimum atomic E-state index is -0.623. The van der Waals surface area contributed by atoms with Crippen LogP contribution in [0.1, 0.15) is 23.6 Å². The summed E-state index contributed by atoms with van der Waals surface area (Å²) in [6, 6.07) is 19.9. The molecule has 2 amide bonds. The number of benzene rings is 2. The Morgan fingerprint density at radius 3 is 2.33 bits per heavy atom. The topological polar surface area (TPSA) is 62.3 Å². The van der Waals surface area contributed by atoms with E-state index in [1.54, 1.807) is 36.4 Å². The van der Waals surface area contributed by atoms with E-state index in [-0.39, 0.29) is 18.2 Å². The number of nitrogens with one attached hydrogen (secondary N) is 1. The van der Waals surface area contributed by atoms with E-state index in [9.17, 15) is 9.59 Å². The fourth-order valence-corrected chi connectivity index (χ4v) is 3.21. The smallest absolute Gasteiger partial charge is 0.242 e. The molecule has 30 heavy (non-hydrogen) atoms. The summed E-state index contributed by atoms with van der Waals surface area (Å²) in [5, 5.41) is 3.52. The number of nitrogens with zero attached hydrogens (tertiary/aromatic N) is 2. The lowest BCUT2D eigenvalue weighted by atomic mass is 10.1. The first kappa shape index (κ1) is 21.5. The van der Waals surface area contributed by atoms with E-state index in [1.165, 1.54) is 0 Å². The van der Waals surface area contributed by atoms with Gasteiger partial charge in [-0.1, -0.05) is 60.1 Å². The van der Waals surface area contributed by atoms with Gasteiger partial charge in [-0.15, -0.1) is 0 Å². The van der Waals surface area contributed by atoms with Crippen LogP contribution in [-0.2, 0) is 29.1 Å². The summed E-state index contributed by atoms with van der Waals surface area (Å²) in [5.41, 5.74) is 2.72. The molecule has 154 valence electrons. The predicted molar refractivity (Wildman–Crippen MR) is 118 cm³/mol. The Balaban J connectivity index is 1.72. The second-order valence-electron chi connectivity index (χ2n) is 7.07. The molecule has 1 aromatic heterocycles. The highest BCUT2D eigenvalue weighted by atomic mass is 35.5. The Hall–Kier alpha value is -3.18. The van der Waals surface area contributed by atoms with Crippen molar-refractivity contribution in [3.05, 3.63) is 101 Å². The molecular weight excluding hydrogens is 398 g/mol. The van der Waals surface area contributed by atoms with Crippen LogP contribution in [0.3, 0.4) is 0 Å². The van der Waals surface area contributed by atoms with Gasteiger partial charge in [0.2, 0.25) is 11.8 Å². The lowest BCUT2D eigenvalue weighted by Gasteiger charge is -2.29. The molecule has 0 aliphatic rings. The first-order valence-corrected chi connectivity index (χ1v) is 10.1. The molecule has 6 heteroatoms. The number of halogens is 1. The second kappa shape index (κ2) is 10.6. The summed E-state index contributed by atoms with van der Waals surface area (Å²) >= 11 is 5.94. The molecule has 1 heterocycles. The Labute approximate surface area is 181 Å². The number of carbonyl (C=O) groups excluding carboxylic acids is 2. The lowest BCUT2D eigenvalue weighted by molar-refractivity contribution is -0.140. The maximum atomic E-state index is 13.1. The number of hydrogen-bond acceptors (Lipinski definition) is 3. The van der Waals surface area contributed by atoms with Crippen molar-refractivity contribution < 1.29 is 9.59 Å². The molecule has 0 aliphatic heterocycles. The fourth-order valence-electron chi connectivity index (χ4n) is 3.08. The van der Waals surface area contributed by atoms with Gasteiger partial charge in [0.05, 0.1) is 6.42 Å². The van der Waals surface area contributed by atoms with Gasteiger partial charge >= 0.3 is 0 Å². The molecule has 0 spiro atoms. The van der Waals surface area contributed by atoms with E-state index in [0.29, 0.717) is 18.1 Å². The summed E-state index contributed by atoms with van der Waals surface area (Å²) in [6.07, 6.45) is 3.59. The van der Waals surface area contributed by atoms with Gasteiger partial charge in [-0.05, 0) is 41.8 Å².